The van der Waals surface area contributed by atoms with Gasteiger partial charge in [-0.1, -0.05) is 0 Å². The summed E-state index contributed by atoms with van der Waals surface area (Å²) in [6.07, 6.45) is 3.27. The van der Waals surface area contributed by atoms with Crippen molar-refractivity contribution in [2.24, 2.45) is 0 Å². The standard InChI is InChI=1S/C16H18O6/c1-20-14(17)11-8-9-6-4-5-7-10(9)12(15(18)21-2)13(11)16(19)22-3/h8H,4-7H2,1-3H3. The van der Waals surface area contributed by atoms with E-state index in [-0.39, 0.29) is 16.7 Å². The van der Waals surface area contributed by atoms with E-state index in [4.69, 9.17) is 14.2 Å². The molecule has 0 heterocycles. The van der Waals surface area contributed by atoms with E-state index in [0.29, 0.717) is 6.42 Å². The van der Waals surface area contributed by atoms with E-state index < -0.39 is 17.9 Å². The minimum Gasteiger partial charge on any atom is -0.465 e. The van der Waals surface area contributed by atoms with Gasteiger partial charge in [0.25, 0.3) is 0 Å². The minimum atomic E-state index is -0.755. The third-order valence-corrected chi connectivity index (χ3v) is 3.83. The number of rotatable bonds is 3. The van der Waals surface area contributed by atoms with Gasteiger partial charge >= 0.3 is 17.9 Å². The maximum absolute atomic E-state index is 12.2. The van der Waals surface area contributed by atoms with Crippen LogP contribution in [0.5, 0.6) is 0 Å². The maximum atomic E-state index is 12.2. The predicted molar refractivity (Wildman–Crippen MR) is 77.1 cm³/mol. The zero-order valence-corrected chi connectivity index (χ0v) is 12.9. The summed E-state index contributed by atoms with van der Waals surface area (Å²) >= 11 is 0. The number of carbonyl (C=O) groups excluding carboxylic acids is 3. The number of carbonyl (C=O) groups is 3. The summed E-state index contributed by atoms with van der Waals surface area (Å²) in [6, 6.07) is 1.62. The van der Waals surface area contributed by atoms with Crippen LogP contribution in [0.1, 0.15) is 55.0 Å². The van der Waals surface area contributed by atoms with Gasteiger partial charge in [-0.25, -0.2) is 14.4 Å². The van der Waals surface area contributed by atoms with Gasteiger partial charge in [0.1, 0.15) is 0 Å². The van der Waals surface area contributed by atoms with Crippen molar-refractivity contribution in [2.75, 3.05) is 21.3 Å². The molecule has 0 fully saturated rings. The highest BCUT2D eigenvalue weighted by molar-refractivity contribution is 6.11. The second-order valence-corrected chi connectivity index (χ2v) is 4.99. The first-order valence-electron chi connectivity index (χ1n) is 6.98. The average Bonchev–Trinajstić information content (AvgIpc) is 2.57. The van der Waals surface area contributed by atoms with E-state index in [1.54, 1.807) is 6.07 Å². The SMILES string of the molecule is COC(=O)c1cc2c(c(C(=O)OC)c1C(=O)OC)CCCC2. The molecule has 0 saturated heterocycles. The molecule has 0 N–H and O–H groups in total. The molecule has 1 aromatic rings. The van der Waals surface area contributed by atoms with Crippen molar-refractivity contribution >= 4 is 17.9 Å². The number of ether oxygens (including phenoxy) is 3. The van der Waals surface area contributed by atoms with Crippen LogP contribution in [0.25, 0.3) is 0 Å². The number of hydrogen-bond donors (Lipinski definition) is 0. The first-order valence-corrected chi connectivity index (χ1v) is 6.98. The van der Waals surface area contributed by atoms with Gasteiger partial charge in [0.15, 0.2) is 0 Å². The lowest BCUT2D eigenvalue weighted by Gasteiger charge is -2.22. The van der Waals surface area contributed by atoms with Crippen molar-refractivity contribution in [3.8, 4) is 0 Å². The number of methoxy groups -OCH3 is 3. The lowest BCUT2D eigenvalue weighted by atomic mass is 9.83. The van der Waals surface area contributed by atoms with Crippen LogP contribution >= 0.6 is 0 Å². The molecular formula is C16H18O6. The molecule has 0 aromatic heterocycles. The van der Waals surface area contributed by atoms with Crippen molar-refractivity contribution in [3.05, 3.63) is 33.9 Å². The monoisotopic (exact) mass is 306 g/mol. The van der Waals surface area contributed by atoms with E-state index in [9.17, 15) is 14.4 Å². The molecule has 1 aliphatic rings. The Kier molecular flexibility index (Phi) is 4.80. The molecule has 0 atom stereocenters. The predicted octanol–water partition coefficient (Wildman–Crippen LogP) is 1.93. The minimum absolute atomic E-state index is 0.0374. The molecule has 1 aliphatic carbocycles. The molecule has 0 saturated carbocycles. The fourth-order valence-corrected chi connectivity index (χ4v) is 2.82. The van der Waals surface area contributed by atoms with Crippen LogP contribution in [0.15, 0.2) is 6.07 Å². The van der Waals surface area contributed by atoms with Crippen molar-refractivity contribution < 1.29 is 28.6 Å². The van der Waals surface area contributed by atoms with E-state index in [0.717, 1.165) is 30.4 Å². The number of benzene rings is 1. The summed E-state index contributed by atoms with van der Waals surface area (Å²) in [5, 5.41) is 0. The Morgan fingerprint density at radius 3 is 1.95 bits per heavy atom. The Morgan fingerprint density at radius 1 is 0.818 bits per heavy atom. The fourth-order valence-electron chi connectivity index (χ4n) is 2.82. The van der Waals surface area contributed by atoms with Crippen LogP contribution in [0.3, 0.4) is 0 Å². The normalized spacial score (nSPS) is 13.0. The molecular weight excluding hydrogens is 288 g/mol. The number of fused-ring (bicyclic) bond motifs is 1. The molecule has 0 spiro atoms. The van der Waals surface area contributed by atoms with Gasteiger partial charge in [0.2, 0.25) is 0 Å². The molecule has 22 heavy (non-hydrogen) atoms. The molecule has 0 aliphatic heterocycles. The van der Waals surface area contributed by atoms with Gasteiger partial charge < -0.3 is 14.2 Å². The average molecular weight is 306 g/mol. The third kappa shape index (κ3) is 2.68. The molecule has 0 amide bonds. The third-order valence-electron chi connectivity index (χ3n) is 3.83. The Hall–Kier alpha value is -2.37. The van der Waals surface area contributed by atoms with Gasteiger partial charge in [0.05, 0.1) is 38.0 Å². The van der Waals surface area contributed by atoms with Crippen LogP contribution in [-0.4, -0.2) is 39.2 Å². The smallest absolute Gasteiger partial charge is 0.339 e. The molecule has 1 aromatic carbocycles. The Labute approximate surface area is 128 Å². The van der Waals surface area contributed by atoms with Crippen molar-refractivity contribution in [2.45, 2.75) is 25.7 Å². The quantitative estimate of drug-likeness (QED) is 0.627. The highest BCUT2D eigenvalue weighted by atomic mass is 16.5. The van der Waals surface area contributed by atoms with Crippen LogP contribution < -0.4 is 0 Å². The lowest BCUT2D eigenvalue weighted by Crippen LogP contribution is -2.23. The maximum Gasteiger partial charge on any atom is 0.339 e. The highest BCUT2D eigenvalue weighted by Gasteiger charge is 2.31. The Bertz CT molecular complexity index is 632. The highest BCUT2D eigenvalue weighted by Crippen LogP contribution is 2.31. The Morgan fingerprint density at radius 2 is 1.36 bits per heavy atom. The summed E-state index contributed by atoms with van der Waals surface area (Å²) in [7, 11) is 3.66. The molecule has 2 rings (SSSR count). The molecule has 6 heteroatoms. The van der Waals surface area contributed by atoms with Crippen LogP contribution in [-0.2, 0) is 27.1 Å². The van der Waals surface area contributed by atoms with E-state index in [1.807, 2.05) is 0 Å². The molecule has 0 radical (unpaired) electrons. The number of aryl methyl sites for hydroxylation is 1. The van der Waals surface area contributed by atoms with Gasteiger partial charge in [-0.2, -0.15) is 0 Å². The van der Waals surface area contributed by atoms with Crippen LogP contribution in [0.2, 0.25) is 0 Å². The summed E-state index contributed by atoms with van der Waals surface area (Å²) < 4.78 is 14.3. The van der Waals surface area contributed by atoms with Crippen molar-refractivity contribution in [1.82, 2.24) is 0 Å². The molecule has 118 valence electrons. The van der Waals surface area contributed by atoms with Crippen molar-refractivity contribution in [1.29, 1.82) is 0 Å². The van der Waals surface area contributed by atoms with E-state index in [2.05, 4.69) is 0 Å². The molecule has 0 bridgehead atoms. The topological polar surface area (TPSA) is 78.9 Å². The summed E-state index contributed by atoms with van der Waals surface area (Å²) in [4.78, 5) is 36.4. The zero-order valence-electron chi connectivity index (χ0n) is 12.9. The summed E-state index contributed by atoms with van der Waals surface area (Å²) in [6.45, 7) is 0. The summed E-state index contributed by atoms with van der Waals surface area (Å²) in [5.41, 5.74) is 1.70. The van der Waals surface area contributed by atoms with Gasteiger partial charge in [-0.05, 0) is 42.9 Å². The first-order chi connectivity index (χ1) is 10.5. The molecule has 6 nitrogen and oxygen atoms in total. The zero-order chi connectivity index (χ0) is 16.3. The fraction of sp³-hybridized carbons (Fsp3) is 0.438. The molecule has 0 unspecified atom stereocenters. The van der Waals surface area contributed by atoms with Crippen LogP contribution in [0, 0.1) is 0 Å². The Balaban J connectivity index is 2.82. The second kappa shape index (κ2) is 6.60. The first kappa shape index (κ1) is 16.0. The number of esters is 3. The van der Waals surface area contributed by atoms with E-state index >= 15 is 0 Å². The van der Waals surface area contributed by atoms with Gasteiger partial charge in [-0.15, -0.1) is 0 Å². The van der Waals surface area contributed by atoms with Crippen LogP contribution in [0.4, 0.5) is 0 Å². The van der Waals surface area contributed by atoms with Crippen molar-refractivity contribution in [3.63, 3.8) is 0 Å². The largest absolute Gasteiger partial charge is 0.465 e. The summed E-state index contributed by atoms with van der Waals surface area (Å²) in [5.74, 6) is -2.09. The number of hydrogen-bond acceptors (Lipinski definition) is 6. The second-order valence-electron chi connectivity index (χ2n) is 4.99. The van der Waals surface area contributed by atoms with E-state index in [1.165, 1.54) is 21.3 Å². The van der Waals surface area contributed by atoms with Gasteiger partial charge in [-0.3, -0.25) is 0 Å². The lowest BCUT2D eigenvalue weighted by molar-refractivity contribution is 0.0534. The van der Waals surface area contributed by atoms with Gasteiger partial charge in [0, 0.05) is 0 Å².